The molecule has 124 valence electrons. The van der Waals surface area contributed by atoms with Gasteiger partial charge in [-0.25, -0.2) is 4.98 Å². The molecule has 0 saturated heterocycles. The van der Waals surface area contributed by atoms with Crippen molar-refractivity contribution in [2.75, 3.05) is 35.7 Å². The van der Waals surface area contributed by atoms with Gasteiger partial charge >= 0.3 is 0 Å². The minimum Gasteiger partial charge on any atom is -0.382 e. The molecule has 1 aromatic heterocycles. The smallest absolute Gasteiger partial charge is 0.149 e. The zero-order valence-electron chi connectivity index (χ0n) is 14.0. The van der Waals surface area contributed by atoms with Crippen LogP contribution in [0.2, 0.25) is 0 Å². The number of pyridine rings is 1. The number of aromatic nitrogens is 1. The average molecular weight is 315 g/mol. The molecule has 1 aliphatic rings. The molecular weight excluding hydrogens is 290 g/mol. The Hall–Kier alpha value is -2.05. The van der Waals surface area contributed by atoms with E-state index >= 15 is 0 Å². The van der Waals surface area contributed by atoms with Crippen LogP contribution in [0.5, 0.6) is 0 Å². The van der Waals surface area contributed by atoms with Crippen molar-refractivity contribution in [3.05, 3.63) is 24.3 Å². The Balaban J connectivity index is 2.11. The molecule has 5 N–H and O–H groups in total. The highest BCUT2D eigenvalue weighted by Crippen LogP contribution is 2.43. The van der Waals surface area contributed by atoms with Crippen molar-refractivity contribution < 1.29 is 4.74 Å². The number of nitrogens with two attached hydrogens (primary N) is 2. The summed E-state index contributed by atoms with van der Waals surface area (Å²) in [5.74, 6) is 0.512. The van der Waals surface area contributed by atoms with Crippen LogP contribution in [0.1, 0.15) is 20.8 Å². The molecule has 0 spiro atoms. The predicted molar refractivity (Wildman–Crippen MR) is 95.7 cm³/mol. The quantitative estimate of drug-likeness (QED) is 0.783. The van der Waals surface area contributed by atoms with Crippen LogP contribution < -0.4 is 21.7 Å². The Kier molecular flexibility index (Phi) is 4.04. The van der Waals surface area contributed by atoms with Gasteiger partial charge in [0.15, 0.2) is 0 Å². The van der Waals surface area contributed by atoms with Gasteiger partial charge in [-0.05, 0) is 26.8 Å². The summed E-state index contributed by atoms with van der Waals surface area (Å²) in [4.78, 5) is 6.76. The average Bonchev–Trinajstić information content (AvgIpc) is 2.83. The van der Waals surface area contributed by atoms with Crippen LogP contribution in [-0.4, -0.2) is 36.4 Å². The van der Waals surface area contributed by atoms with Crippen LogP contribution in [0.4, 0.5) is 17.2 Å². The molecule has 1 atom stereocenters. The number of nitrogens with zero attached hydrogens (tertiary/aromatic N) is 2. The minimum absolute atomic E-state index is 0.00248. The normalized spacial score (nSPS) is 17.4. The molecule has 0 bridgehead atoms. The first-order chi connectivity index (χ1) is 10.9. The molecule has 3 rings (SSSR count). The predicted octanol–water partition coefficient (Wildman–Crippen LogP) is 2.15. The molecule has 2 heterocycles. The maximum Gasteiger partial charge on any atom is 0.149 e. The van der Waals surface area contributed by atoms with Crippen molar-refractivity contribution >= 4 is 28.1 Å². The molecule has 0 saturated carbocycles. The van der Waals surface area contributed by atoms with E-state index in [4.69, 9.17) is 16.2 Å². The van der Waals surface area contributed by atoms with E-state index in [9.17, 15) is 0 Å². The van der Waals surface area contributed by atoms with Crippen LogP contribution in [0.25, 0.3) is 10.9 Å². The summed E-state index contributed by atoms with van der Waals surface area (Å²) in [6.07, 6.45) is 0.00248. The maximum atomic E-state index is 6.29. The third kappa shape index (κ3) is 3.04. The van der Waals surface area contributed by atoms with E-state index in [1.54, 1.807) is 0 Å². The first-order valence-electron chi connectivity index (χ1n) is 7.98. The highest BCUT2D eigenvalue weighted by Gasteiger charge is 2.35. The molecule has 2 aromatic rings. The van der Waals surface area contributed by atoms with Crippen molar-refractivity contribution in [3.8, 4) is 0 Å². The van der Waals surface area contributed by atoms with Crippen molar-refractivity contribution in [3.63, 3.8) is 0 Å². The van der Waals surface area contributed by atoms with Gasteiger partial charge in [-0.1, -0.05) is 18.2 Å². The van der Waals surface area contributed by atoms with Crippen molar-refractivity contribution in [2.45, 2.75) is 32.5 Å². The second-order valence-corrected chi connectivity index (χ2v) is 6.67. The number of nitrogens with one attached hydrogen (secondary N) is 1. The molecule has 1 aliphatic heterocycles. The Labute approximate surface area is 136 Å². The van der Waals surface area contributed by atoms with E-state index in [0.29, 0.717) is 25.6 Å². The summed E-state index contributed by atoms with van der Waals surface area (Å²) in [5, 5.41) is 4.54. The van der Waals surface area contributed by atoms with Crippen LogP contribution in [0.15, 0.2) is 24.3 Å². The first kappa shape index (κ1) is 15.8. The van der Waals surface area contributed by atoms with Crippen molar-refractivity contribution in [2.24, 2.45) is 5.73 Å². The molecule has 0 aliphatic carbocycles. The Morgan fingerprint density at radius 2 is 2.09 bits per heavy atom. The molecule has 0 amide bonds. The van der Waals surface area contributed by atoms with Gasteiger partial charge in [0.05, 0.1) is 17.8 Å². The second-order valence-electron chi connectivity index (χ2n) is 6.67. The lowest BCUT2D eigenvalue weighted by Crippen LogP contribution is -2.50. The Morgan fingerprint density at radius 3 is 2.78 bits per heavy atom. The Bertz CT molecular complexity index is 710. The van der Waals surface area contributed by atoms with Gasteiger partial charge in [0.2, 0.25) is 0 Å². The highest BCUT2D eigenvalue weighted by molar-refractivity contribution is 6.04. The van der Waals surface area contributed by atoms with Gasteiger partial charge in [0.25, 0.3) is 0 Å². The monoisotopic (exact) mass is 315 g/mol. The first-order valence-corrected chi connectivity index (χ1v) is 7.98. The van der Waals surface area contributed by atoms with E-state index in [0.717, 1.165) is 22.3 Å². The number of hydrogen-bond acceptors (Lipinski definition) is 6. The number of nitrogen functional groups attached to an aromatic ring is 1. The molecular formula is C17H25N5O. The molecule has 0 fully saturated rings. The number of ether oxygens (including phenoxy) is 1. The third-order valence-electron chi connectivity index (χ3n) is 3.93. The summed E-state index contributed by atoms with van der Waals surface area (Å²) in [5.41, 5.74) is 15.0. The zero-order valence-corrected chi connectivity index (χ0v) is 14.0. The van der Waals surface area contributed by atoms with Gasteiger partial charge in [-0.2, -0.15) is 0 Å². The van der Waals surface area contributed by atoms with Gasteiger partial charge in [-0.3, -0.25) is 0 Å². The van der Waals surface area contributed by atoms with Gasteiger partial charge in [0.1, 0.15) is 17.7 Å². The number of anilines is 3. The lowest BCUT2D eigenvalue weighted by atomic mass is 10.1. The number of hydrogen-bond donors (Lipinski definition) is 3. The molecule has 1 unspecified atom stereocenters. The van der Waals surface area contributed by atoms with Gasteiger partial charge in [0, 0.05) is 24.1 Å². The fraction of sp³-hybridized carbons (Fsp3) is 0.471. The number of fused-ring (bicyclic) bond motifs is 3. The largest absolute Gasteiger partial charge is 0.382 e. The fourth-order valence-corrected chi connectivity index (χ4v) is 3.04. The molecule has 6 nitrogen and oxygen atoms in total. The van der Waals surface area contributed by atoms with Crippen molar-refractivity contribution in [1.29, 1.82) is 0 Å². The van der Waals surface area contributed by atoms with Crippen LogP contribution in [-0.2, 0) is 4.74 Å². The molecule has 0 radical (unpaired) electrons. The van der Waals surface area contributed by atoms with Crippen LogP contribution >= 0.6 is 0 Å². The van der Waals surface area contributed by atoms with E-state index in [1.165, 1.54) is 0 Å². The topological polar surface area (TPSA) is 89.4 Å². The fourth-order valence-electron chi connectivity index (χ4n) is 3.04. The lowest BCUT2D eigenvalue weighted by Gasteiger charge is -2.33. The van der Waals surface area contributed by atoms with Gasteiger partial charge in [-0.15, -0.1) is 0 Å². The summed E-state index contributed by atoms with van der Waals surface area (Å²) in [6, 6.07) is 8.04. The number of para-hydroxylation sites is 1. The van der Waals surface area contributed by atoms with E-state index in [1.807, 2.05) is 39.0 Å². The molecule has 23 heavy (non-hydrogen) atoms. The lowest BCUT2D eigenvalue weighted by molar-refractivity contribution is 0.137. The number of rotatable bonds is 5. The van der Waals surface area contributed by atoms with E-state index in [2.05, 4.69) is 21.3 Å². The minimum atomic E-state index is -0.340. The second kappa shape index (κ2) is 5.86. The van der Waals surface area contributed by atoms with E-state index < -0.39 is 0 Å². The number of benzene rings is 1. The summed E-state index contributed by atoms with van der Waals surface area (Å²) in [7, 11) is 0. The van der Waals surface area contributed by atoms with E-state index in [-0.39, 0.29) is 11.7 Å². The SMILES string of the molecule is CCOCC1Nc2c(N)nc3ccccc3c2N1CC(C)(C)N. The van der Waals surface area contributed by atoms with Crippen molar-refractivity contribution in [1.82, 2.24) is 4.98 Å². The molecule has 1 aromatic carbocycles. The zero-order chi connectivity index (χ0) is 16.6. The third-order valence-corrected chi connectivity index (χ3v) is 3.93. The Morgan fingerprint density at radius 1 is 1.35 bits per heavy atom. The molecule has 6 heteroatoms. The maximum absolute atomic E-state index is 6.29. The highest BCUT2D eigenvalue weighted by atomic mass is 16.5. The standard InChI is InChI=1S/C17H25N5O/c1-4-23-9-13-21-14-15(22(13)10-17(2,3)19)11-7-5-6-8-12(11)20-16(14)18/h5-8,13,21H,4,9-10,19H2,1-3H3,(H2,18,20). The van der Waals surface area contributed by atoms with Crippen LogP contribution in [0, 0.1) is 0 Å². The summed E-state index contributed by atoms with van der Waals surface area (Å²) >= 11 is 0. The van der Waals surface area contributed by atoms with Gasteiger partial charge < -0.3 is 26.4 Å². The summed E-state index contributed by atoms with van der Waals surface area (Å²) < 4.78 is 5.64. The van der Waals surface area contributed by atoms with Crippen LogP contribution in [0.3, 0.4) is 0 Å². The summed E-state index contributed by atoms with van der Waals surface area (Å²) in [6.45, 7) is 7.96.